The van der Waals surface area contributed by atoms with Gasteiger partial charge in [-0.05, 0) is 51.7 Å². The molecule has 6 rings (SSSR count). The predicted octanol–water partition coefficient (Wildman–Crippen LogP) is 4.30. The van der Waals surface area contributed by atoms with Crippen LogP contribution in [-0.4, -0.2) is 70.0 Å². The summed E-state index contributed by atoms with van der Waals surface area (Å²) in [7, 11) is 1.58. The normalized spacial score (nSPS) is 18.7. The zero-order valence-corrected chi connectivity index (χ0v) is 23.6. The molecular formula is C33H31F2N5O3. The van der Waals surface area contributed by atoms with Crippen molar-refractivity contribution in [1.29, 1.82) is 0 Å². The molecule has 2 aliphatic rings. The highest BCUT2D eigenvalue weighted by Crippen LogP contribution is 2.31. The zero-order chi connectivity index (χ0) is 30.1. The summed E-state index contributed by atoms with van der Waals surface area (Å²) in [6.07, 6.45) is -0.381. The molecule has 4 aromatic rings. The number of benzene rings is 4. The average molecular weight is 584 g/mol. The van der Waals surface area contributed by atoms with Crippen LogP contribution in [0.25, 0.3) is 10.8 Å². The number of carbonyl (C=O) groups excluding carboxylic acids is 3. The van der Waals surface area contributed by atoms with Crippen molar-refractivity contribution in [2.75, 3.05) is 20.1 Å². The molecule has 0 aromatic heterocycles. The van der Waals surface area contributed by atoms with Crippen molar-refractivity contribution in [2.24, 2.45) is 0 Å². The summed E-state index contributed by atoms with van der Waals surface area (Å²) in [5, 5.41) is 7.95. The minimum Gasteiger partial charge on any atom is -0.333 e. The van der Waals surface area contributed by atoms with E-state index in [1.807, 2.05) is 42.5 Å². The highest BCUT2D eigenvalue weighted by atomic mass is 19.1. The molecule has 2 aliphatic heterocycles. The summed E-state index contributed by atoms with van der Waals surface area (Å²) in [5.74, 6) is -1.22. The monoisotopic (exact) mass is 583 g/mol. The van der Waals surface area contributed by atoms with E-state index in [1.165, 1.54) is 29.3 Å². The molecule has 8 nitrogen and oxygen atoms in total. The van der Waals surface area contributed by atoms with Crippen LogP contribution in [0.1, 0.15) is 16.7 Å². The first-order valence-electron chi connectivity index (χ1n) is 14.1. The Hall–Kier alpha value is -4.83. The lowest BCUT2D eigenvalue weighted by molar-refractivity contribution is -0.157. The Kier molecular flexibility index (Phi) is 7.77. The van der Waals surface area contributed by atoms with Crippen LogP contribution >= 0.6 is 0 Å². The number of halogens is 2. The second-order valence-corrected chi connectivity index (χ2v) is 10.9. The summed E-state index contributed by atoms with van der Waals surface area (Å²) >= 11 is 0. The number of piperazine rings is 1. The first-order valence-corrected chi connectivity index (χ1v) is 14.1. The third kappa shape index (κ3) is 5.78. The quantitative estimate of drug-likeness (QED) is 0.352. The Labute approximate surface area is 248 Å². The molecule has 2 fully saturated rings. The van der Waals surface area contributed by atoms with Crippen LogP contribution in [0.2, 0.25) is 0 Å². The molecule has 2 atom stereocenters. The van der Waals surface area contributed by atoms with Gasteiger partial charge in [-0.15, -0.1) is 0 Å². The zero-order valence-electron chi connectivity index (χ0n) is 23.6. The molecule has 0 spiro atoms. The lowest BCUT2D eigenvalue weighted by Gasteiger charge is -2.46. The molecule has 0 aliphatic carbocycles. The Morgan fingerprint density at radius 2 is 1.53 bits per heavy atom. The number of urea groups is 1. The van der Waals surface area contributed by atoms with E-state index in [2.05, 4.69) is 5.32 Å². The van der Waals surface area contributed by atoms with Crippen LogP contribution in [-0.2, 0) is 29.1 Å². The Balaban J connectivity index is 1.27. The Morgan fingerprint density at radius 3 is 2.26 bits per heavy atom. The maximum Gasteiger partial charge on any atom is 0.332 e. The smallest absolute Gasteiger partial charge is 0.332 e. The molecule has 4 amide bonds. The van der Waals surface area contributed by atoms with Crippen LogP contribution in [0.4, 0.5) is 13.6 Å². The third-order valence-electron chi connectivity index (χ3n) is 8.19. The molecule has 0 unspecified atom stereocenters. The molecule has 0 bridgehead atoms. The molecule has 43 heavy (non-hydrogen) atoms. The molecule has 0 radical (unpaired) electrons. The maximum absolute atomic E-state index is 14.0. The molecule has 1 N–H and O–H groups in total. The lowest BCUT2D eigenvalue weighted by Crippen LogP contribution is -2.65. The minimum atomic E-state index is -0.827. The first-order chi connectivity index (χ1) is 20.8. The molecule has 220 valence electrons. The number of hydrogen-bond donors (Lipinski definition) is 1. The van der Waals surface area contributed by atoms with E-state index in [4.69, 9.17) is 0 Å². The Bertz CT molecular complexity index is 1660. The highest BCUT2D eigenvalue weighted by Gasteiger charge is 2.51. The fraction of sp³-hybridized carbons (Fsp3) is 0.242. The predicted molar refractivity (Wildman–Crippen MR) is 157 cm³/mol. The molecule has 2 saturated heterocycles. The highest BCUT2D eigenvalue weighted by molar-refractivity contribution is 5.92. The van der Waals surface area contributed by atoms with Crippen molar-refractivity contribution in [2.45, 2.75) is 31.7 Å². The van der Waals surface area contributed by atoms with Crippen LogP contribution < -0.4 is 5.32 Å². The molecule has 4 aromatic carbocycles. The van der Waals surface area contributed by atoms with E-state index in [9.17, 15) is 23.2 Å². The number of nitrogens with one attached hydrogen (secondary N) is 1. The van der Waals surface area contributed by atoms with E-state index in [1.54, 1.807) is 46.1 Å². The van der Waals surface area contributed by atoms with Gasteiger partial charge in [0.1, 0.15) is 23.8 Å². The van der Waals surface area contributed by atoms with Crippen LogP contribution in [0.5, 0.6) is 0 Å². The van der Waals surface area contributed by atoms with Crippen molar-refractivity contribution in [3.05, 3.63) is 119 Å². The van der Waals surface area contributed by atoms with Gasteiger partial charge in [-0.2, -0.15) is 5.01 Å². The summed E-state index contributed by atoms with van der Waals surface area (Å²) in [6, 6.07) is 24.4. The van der Waals surface area contributed by atoms with E-state index < -0.39 is 18.2 Å². The molecule has 2 heterocycles. The fourth-order valence-electron chi connectivity index (χ4n) is 5.94. The number of hydrazine groups is 1. The van der Waals surface area contributed by atoms with Gasteiger partial charge in [-0.25, -0.2) is 13.6 Å². The van der Waals surface area contributed by atoms with Gasteiger partial charge < -0.3 is 15.1 Å². The van der Waals surface area contributed by atoms with Gasteiger partial charge in [0.2, 0.25) is 11.8 Å². The summed E-state index contributed by atoms with van der Waals surface area (Å²) in [6.45, 7) is 0.620. The van der Waals surface area contributed by atoms with E-state index in [0.717, 1.165) is 27.5 Å². The molecular weight excluding hydrogens is 552 g/mol. The molecule has 10 heteroatoms. The van der Waals surface area contributed by atoms with E-state index >= 15 is 0 Å². The first kappa shape index (κ1) is 28.3. The van der Waals surface area contributed by atoms with Crippen molar-refractivity contribution in [1.82, 2.24) is 25.1 Å². The van der Waals surface area contributed by atoms with E-state index in [0.29, 0.717) is 6.54 Å². The number of nitrogens with zero attached hydrogens (tertiary/aromatic N) is 4. The van der Waals surface area contributed by atoms with Crippen molar-refractivity contribution in [3.8, 4) is 0 Å². The van der Waals surface area contributed by atoms with Gasteiger partial charge >= 0.3 is 6.03 Å². The van der Waals surface area contributed by atoms with Gasteiger partial charge in [0.05, 0.1) is 13.1 Å². The summed E-state index contributed by atoms with van der Waals surface area (Å²) in [5.41, 5.74) is 2.43. The number of fused-ring (bicyclic) bond motifs is 2. The maximum atomic E-state index is 14.0. The second-order valence-electron chi connectivity index (χ2n) is 10.9. The van der Waals surface area contributed by atoms with Crippen LogP contribution in [0.15, 0.2) is 91.0 Å². The van der Waals surface area contributed by atoms with E-state index in [-0.39, 0.29) is 49.5 Å². The number of hydrogen-bond acceptors (Lipinski definition) is 4. The minimum absolute atomic E-state index is 0.0829. The number of rotatable bonds is 7. The van der Waals surface area contributed by atoms with Crippen molar-refractivity contribution >= 4 is 28.6 Å². The van der Waals surface area contributed by atoms with Crippen LogP contribution in [0, 0.1) is 11.6 Å². The topological polar surface area (TPSA) is 76.2 Å². The van der Waals surface area contributed by atoms with Crippen LogP contribution in [0.3, 0.4) is 0 Å². The van der Waals surface area contributed by atoms with Gasteiger partial charge in [0.25, 0.3) is 0 Å². The standard InChI is InChI=1S/C33H31F2N5O3/c1-37(33(43)36-18-23-11-15-27(35)16-12-23)39-21-31(41)40-29(17-22-9-13-26(34)14-10-22)32(42)38(20-30(39)40)19-25-7-4-6-24-5-2-3-8-28(24)25/h2-16,29-30H,17-21H2,1H3,(H,36,43)/t29-,30+/m0/s1. The summed E-state index contributed by atoms with van der Waals surface area (Å²) in [4.78, 5) is 44.0. The number of carbonyl (C=O) groups is 3. The second kappa shape index (κ2) is 11.8. The van der Waals surface area contributed by atoms with Gasteiger partial charge in [0, 0.05) is 26.6 Å². The fourth-order valence-corrected chi connectivity index (χ4v) is 5.94. The average Bonchev–Trinajstić information content (AvgIpc) is 3.34. The van der Waals surface area contributed by atoms with Crippen molar-refractivity contribution < 1.29 is 23.2 Å². The van der Waals surface area contributed by atoms with Gasteiger partial charge in [0.15, 0.2) is 0 Å². The van der Waals surface area contributed by atoms with Gasteiger partial charge in [-0.3, -0.25) is 14.6 Å². The summed E-state index contributed by atoms with van der Waals surface area (Å²) < 4.78 is 26.9. The largest absolute Gasteiger partial charge is 0.333 e. The number of amides is 4. The SMILES string of the molecule is CN(C(=O)NCc1ccc(F)cc1)N1CC(=O)N2[C@@H](Cc3ccc(F)cc3)C(=O)N(Cc3cccc4ccccc34)C[C@@H]21. The lowest BCUT2D eigenvalue weighted by atomic mass is 9.99. The van der Waals surface area contributed by atoms with Crippen molar-refractivity contribution in [3.63, 3.8) is 0 Å². The molecule has 0 saturated carbocycles. The van der Waals surface area contributed by atoms with Gasteiger partial charge in [-0.1, -0.05) is 66.7 Å². The Morgan fingerprint density at radius 1 is 0.884 bits per heavy atom. The third-order valence-corrected chi connectivity index (χ3v) is 8.19.